The molecule has 55 heavy (non-hydrogen) atoms. The van der Waals surface area contributed by atoms with Crippen molar-refractivity contribution in [1.29, 1.82) is 0 Å². The Kier molecular flexibility index (Phi) is 28.7. The van der Waals surface area contributed by atoms with Gasteiger partial charge in [0.1, 0.15) is 17.9 Å². The van der Waals surface area contributed by atoms with E-state index in [0.29, 0.717) is 36.1 Å². The van der Waals surface area contributed by atoms with Crippen molar-refractivity contribution in [3.63, 3.8) is 0 Å². The predicted molar refractivity (Wildman–Crippen MR) is 222 cm³/mol. The number of benzene rings is 2. The lowest BCUT2D eigenvalue weighted by atomic mass is 10.1. The molecule has 0 amide bonds. The molecule has 0 bridgehead atoms. The van der Waals surface area contributed by atoms with Crippen LogP contribution >= 0.6 is 0 Å². The molecule has 2 rings (SSSR count). The van der Waals surface area contributed by atoms with Gasteiger partial charge in [0.15, 0.2) is 19.7 Å². The third-order valence-corrected chi connectivity index (χ3v) is 10.9. The Hall–Kier alpha value is -3.52. The minimum Gasteiger partial charge on any atom is -0.491 e. The maximum absolute atomic E-state index is 11.5. The number of aliphatic carboxylic acids is 2. The molecular formula is C41H70N2O10S2. The van der Waals surface area contributed by atoms with E-state index >= 15 is 0 Å². The number of ether oxygens (including phenoxy) is 2. The summed E-state index contributed by atoms with van der Waals surface area (Å²) in [5, 5.41) is 15.4. The second kappa shape index (κ2) is 30.7. The van der Waals surface area contributed by atoms with Crippen molar-refractivity contribution in [2.24, 2.45) is 0 Å². The zero-order chi connectivity index (χ0) is 41.5. The molecule has 6 N–H and O–H groups in total. The molecule has 0 spiro atoms. The van der Waals surface area contributed by atoms with Crippen molar-refractivity contribution in [2.45, 2.75) is 158 Å². The highest BCUT2D eigenvalue weighted by molar-refractivity contribution is 7.91. The molecule has 14 heteroatoms. The van der Waals surface area contributed by atoms with Gasteiger partial charge in [0.25, 0.3) is 0 Å². The van der Waals surface area contributed by atoms with Gasteiger partial charge in [-0.1, -0.05) is 129 Å². The van der Waals surface area contributed by atoms with Gasteiger partial charge in [-0.25, -0.2) is 16.8 Å². The number of anilines is 2. The summed E-state index contributed by atoms with van der Waals surface area (Å²) in [6.07, 6.45) is 27.2. The van der Waals surface area contributed by atoms with Crippen molar-refractivity contribution in [3.05, 3.63) is 36.4 Å². The number of carboxylic acids is 2. The number of carboxylic acid groups (broad SMARTS) is 2. The van der Waals surface area contributed by atoms with Crippen molar-refractivity contribution >= 4 is 43.0 Å². The standard InChI is InChI=1S/2C19H33NO3S.C3H4O4/c2*1-3-4-5-6-7-8-9-10-11-12-15-23-19-14-13-17(16-18(19)20)24(2,21)22;4-2(5)1-3(6)7/h2*13-14,16H,3-12,15,20H2,1-2H3;1H2,(H,4,5)(H,6,7). The molecule has 0 aliphatic rings. The van der Waals surface area contributed by atoms with Gasteiger partial charge >= 0.3 is 11.9 Å². The summed E-state index contributed by atoms with van der Waals surface area (Å²) in [5.41, 5.74) is 12.5. The van der Waals surface area contributed by atoms with Crippen LogP contribution in [-0.2, 0) is 29.3 Å². The fraction of sp³-hybridized carbons (Fsp3) is 0.659. The summed E-state index contributed by atoms with van der Waals surface area (Å²) in [4.78, 5) is 19.3. The number of nitrogens with two attached hydrogens (primary N) is 2. The summed E-state index contributed by atoms with van der Waals surface area (Å²) in [7, 11) is -6.45. The molecule has 0 heterocycles. The number of unbranched alkanes of at least 4 members (excludes halogenated alkanes) is 18. The van der Waals surface area contributed by atoms with Crippen molar-refractivity contribution < 1.29 is 46.1 Å². The van der Waals surface area contributed by atoms with Crippen LogP contribution in [0, 0.1) is 0 Å². The van der Waals surface area contributed by atoms with Crippen molar-refractivity contribution in [3.8, 4) is 11.5 Å². The Morgan fingerprint density at radius 1 is 0.509 bits per heavy atom. The van der Waals surface area contributed by atoms with E-state index in [9.17, 15) is 26.4 Å². The lowest BCUT2D eigenvalue weighted by Crippen LogP contribution is -2.03. The molecule has 0 aromatic heterocycles. The van der Waals surface area contributed by atoms with Crippen LogP contribution in [0.1, 0.15) is 149 Å². The summed E-state index contributed by atoms with van der Waals surface area (Å²) in [6, 6.07) is 9.29. The minimum absolute atomic E-state index is 0.228. The number of sulfone groups is 2. The number of hydrogen-bond acceptors (Lipinski definition) is 10. The van der Waals surface area contributed by atoms with E-state index in [1.807, 2.05) is 0 Å². The summed E-state index contributed by atoms with van der Waals surface area (Å²) in [6.45, 7) is 5.74. The van der Waals surface area contributed by atoms with Crippen molar-refractivity contribution in [2.75, 3.05) is 37.2 Å². The van der Waals surface area contributed by atoms with Gasteiger partial charge in [-0.2, -0.15) is 0 Å². The highest BCUT2D eigenvalue weighted by Gasteiger charge is 2.11. The average Bonchev–Trinajstić information content (AvgIpc) is 3.10. The summed E-state index contributed by atoms with van der Waals surface area (Å²) < 4.78 is 57.1. The molecule has 0 saturated carbocycles. The van der Waals surface area contributed by atoms with E-state index in [1.54, 1.807) is 24.3 Å². The predicted octanol–water partition coefficient (Wildman–Crippen LogP) is 9.49. The SMILES string of the molecule is CCCCCCCCCCCCOc1ccc(S(C)(=O)=O)cc1N.CCCCCCCCCCCCOc1ccc(S(C)(=O)=O)cc1N.O=C(O)CC(=O)O. The second-order valence-electron chi connectivity index (χ2n) is 14.0. The number of nitrogen functional groups attached to an aromatic ring is 2. The van der Waals surface area contributed by atoms with Gasteiger partial charge < -0.3 is 31.2 Å². The number of rotatable bonds is 28. The van der Waals surface area contributed by atoms with Crippen LogP contribution in [0.5, 0.6) is 11.5 Å². The quantitative estimate of drug-likeness (QED) is 0.0359. The smallest absolute Gasteiger partial charge is 0.314 e. The van der Waals surface area contributed by atoms with E-state index in [0.717, 1.165) is 25.7 Å². The lowest BCUT2D eigenvalue weighted by molar-refractivity contribution is -0.147. The van der Waals surface area contributed by atoms with Gasteiger partial charge in [0, 0.05) is 12.5 Å². The van der Waals surface area contributed by atoms with Gasteiger partial charge in [0.05, 0.1) is 34.4 Å². The largest absolute Gasteiger partial charge is 0.491 e. The van der Waals surface area contributed by atoms with Crippen LogP contribution < -0.4 is 20.9 Å². The normalized spacial score (nSPS) is 11.1. The maximum Gasteiger partial charge on any atom is 0.314 e. The minimum atomic E-state index is -3.22. The van der Waals surface area contributed by atoms with E-state index in [-0.39, 0.29) is 9.79 Å². The molecule has 316 valence electrons. The Morgan fingerprint density at radius 2 is 0.782 bits per heavy atom. The third-order valence-electron chi connectivity index (χ3n) is 8.63. The molecule has 0 unspecified atom stereocenters. The van der Waals surface area contributed by atoms with E-state index < -0.39 is 38.0 Å². The highest BCUT2D eigenvalue weighted by atomic mass is 32.2. The first-order valence-electron chi connectivity index (χ1n) is 19.9. The van der Waals surface area contributed by atoms with Crippen LogP contribution in [0.3, 0.4) is 0 Å². The third kappa shape index (κ3) is 28.5. The molecular weight excluding hydrogens is 745 g/mol. The first-order chi connectivity index (χ1) is 26.0. The summed E-state index contributed by atoms with van der Waals surface area (Å²) >= 11 is 0. The first kappa shape index (κ1) is 51.5. The van der Waals surface area contributed by atoms with E-state index in [2.05, 4.69) is 13.8 Å². The molecule has 0 fully saturated rings. The Morgan fingerprint density at radius 3 is 1.00 bits per heavy atom. The van der Waals surface area contributed by atoms with E-state index in [1.165, 1.54) is 127 Å². The van der Waals surface area contributed by atoms with Crippen LogP contribution in [0.25, 0.3) is 0 Å². The van der Waals surface area contributed by atoms with Crippen LogP contribution in [0.15, 0.2) is 46.2 Å². The van der Waals surface area contributed by atoms with Gasteiger partial charge in [-0.15, -0.1) is 0 Å². The number of hydrogen-bond donors (Lipinski definition) is 4. The Balaban J connectivity index is 0.000000904. The molecule has 0 saturated heterocycles. The molecule has 2 aromatic carbocycles. The van der Waals surface area contributed by atoms with Crippen LogP contribution in [-0.4, -0.2) is 64.7 Å². The zero-order valence-electron chi connectivity index (χ0n) is 33.9. The average molecular weight is 815 g/mol. The van der Waals surface area contributed by atoms with E-state index in [4.69, 9.17) is 31.2 Å². The van der Waals surface area contributed by atoms with Crippen molar-refractivity contribution in [1.82, 2.24) is 0 Å². The van der Waals surface area contributed by atoms with Gasteiger partial charge in [-0.05, 0) is 49.2 Å². The molecule has 0 aliphatic carbocycles. The topological polar surface area (TPSA) is 213 Å². The highest BCUT2D eigenvalue weighted by Crippen LogP contribution is 2.26. The monoisotopic (exact) mass is 814 g/mol. The summed E-state index contributed by atoms with van der Waals surface area (Å²) in [5.74, 6) is -1.49. The Bertz CT molecular complexity index is 1450. The first-order valence-corrected chi connectivity index (χ1v) is 23.7. The fourth-order valence-electron chi connectivity index (χ4n) is 5.45. The molecule has 0 atom stereocenters. The van der Waals surface area contributed by atoms with Crippen LogP contribution in [0.4, 0.5) is 11.4 Å². The molecule has 2 aromatic rings. The van der Waals surface area contributed by atoms with Crippen LogP contribution in [0.2, 0.25) is 0 Å². The maximum atomic E-state index is 11.5. The molecule has 0 aliphatic heterocycles. The second-order valence-corrected chi connectivity index (χ2v) is 18.0. The molecule has 12 nitrogen and oxygen atoms in total. The number of carbonyl (C=O) groups is 2. The van der Waals surface area contributed by atoms with Gasteiger partial charge in [0.2, 0.25) is 0 Å². The fourth-order valence-corrected chi connectivity index (χ4v) is 6.76. The zero-order valence-corrected chi connectivity index (χ0v) is 35.5. The lowest BCUT2D eigenvalue weighted by Gasteiger charge is -2.10. The van der Waals surface area contributed by atoms with Gasteiger partial charge in [-0.3, -0.25) is 9.59 Å². The Labute approximate surface area is 331 Å². The molecule has 0 radical (unpaired) electrons.